The molecule has 3 aliphatic rings. The Kier molecular flexibility index (Phi) is 12.0. The van der Waals surface area contributed by atoms with Crippen molar-refractivity contribution < 1.29 is 0 Å². The van der Waals surface area contributed by atoms with Gasteiger partial charge in [0.15, 0.2) is 0 Å². The van der Waals surface area contributed by atoms with Crippen molar-refractivity contribution in [3.8, 4) is 11.1 Å². The Labute approximate surface area is 400 Å². The predicted molar refractivity (Wildman–Crippen MR) is 287 cm³/mol. The van der Waals surface area contributed by atoms with Gasteiger partial charge in [-0.05, 0) is 162 Å². The normalized spacial score (nSPS) is 15.3. The summed E-state index contributed by atoms with van der Waals surface area (Å²) in [5, 5.41) is 1.33. The van der Waals surface area contributed by atoms with Gasteiger partial charge in [-0.3, -0.25) is 9.80 Å². The van der Waals surface area contributed by atoms with Crippen LogP contribution in [0.1, 0.15) is 152 Å². The van der Waals surface area contributed by atoms with Crippen molar-refractivity contribution >= 4 is 78.2 Å². The number of fused-ring (bicyclic) bond motifs is 7. The van der Waals surface area contributed by atoms with Gasteiger partial charge in [-0.2, -0.15) is 0 Å². The molecular formula is C60H69BN4S. The zero-order chi connectivity index (χ0) is 45.9. The van der Waals surface area contributed by atoms with E-state index in [1.54, 1.807) is 0 Å². The average Bonchev–Trinajstić information content (AvgIpc) is 3.77. The minimum absolute atomic E-state index is 0.0247. The SMILES string of the molecule is CCCCc1ccc(-c2cc(CCCC)ccc2N2c3cc4c(cc3B3c5sc6ccc(CCCC)cc6c5N(c5ccc(CCCC)cc5)c5nc(C)nc2c53)C(C)(C)CC4(C)C)cc1. The number of hydrogen-bond acceptors (Lipinski definition) is 5. The minimum atomic E-state index is -0.0247. The summed E-state index contributed by atoms with van der Waals surface area (Å²) in [4.78, 5) is 16.3. The topological polar surface area (TPSA) is 32.3 Å². The number of aryl methyl sites for hydroxylation is 5. The summed E-state index contributed by atoms with van der Waals surface area (Å²) in [6.45, 7) is 21.1. The number of nitrogens with zero attached hydrogens (tertiary/aromatic N) is 4. The summed E-state index contributed by atoms with van der Waals surface area (Å²) in [7, 11) is 0. The highest BCUT2D eigenvalue weighted by Gasteiger charge is 2.50. The zero-order valence-electron chi connectivity index (χ0n) is 41.2. The third kappa shape index (κ3) is 7.79. The Morgan fingerprint density at radius 3 is 1.73 bits per heavy atom. The second-order valence-electron chi connectivity index (χ2n) is 21.1. The van der Waals surface area contributed by atoms with Crippen LogP contribution in [0.2, 0.25) is 0 Å². The van der Waals surface area contributed by atoms with E-state index in [0.29, 0.717) is 0 Å². The molecule has 4 heterocycles. The quantitative estimate of drug-likeness (QED) is 0.0960. The highest BCUT2D eigenvalue weighted by molar-refractivity contribution is 7.33. The third-order valence-electron chi connectivity index (χ3n) is 15.1. The van der Waals surface area contributed by atoms with Crippen LogP contribution in [0.15, 0.2) is 97.1 Å². The Hall–Kier alpha value is -5.20. The minimum Gasteiger partial charge on any atom is -0.295 e. The van der Waals surface area contributed by atoms with Crippen LogP contribution >= 0.6 is 11.3 Å². The zero-order valence-corrected chi connectivity index (χ0v) is 42.0. The van der Waals surface area contributed by atoms with Crippen molar-refractivity contribution in [3.63, 3.8) is 0 Å². The Morgan fingerprint density at radius 2 is 1.11 bits per heavy atom. The molecule has 66 heavy (non-hydrogen) atoms. The van der Waals surface area contributed by atoms with Gasteiger partial charge in [-0.15, -0.1) is 11.3 Å². The van der Waals surface area contributed by atoms with Crippen LogP contribution in [0, 0.1) is 6.92 Å². The lowest BCUT2D eigenvalue weighted by Gasteiger charge is -2.42. The number of rotatable bonds is 15. The number of hydrogen-bond donors (Lipinski definition) is 0. The monoisotopic (exact) mass is 889 g/mol. The first kappa shape index (κ1) is 44.6. The number of anilines is 6. The molecule has 0 unspecified atom stereocenters. The van der Waals surface area contributed by atoms with E-state index >= 15 is 0 Å². The lowest BCUT2D eigenvalue weighted by molar-refractivity contribution is 0.403. The molecule has 10 rings (SSSR count). The van der Waals surface area contributed by atoms with Crippen molar-refractivity contribution in [2.45, 2.75) is 157 Å². The largest absolute Gasteiger partial charge is 0.295 e. The van der Waals surface area contributed by atoms with E-state index in [9.17, 15) is 0 Å². The maximum Gasteiger partial charge on any atom is 0.268 e. The van der Waals surface area contributed by atoms with Gasteiger partial charge in [0, 0.05) is 37.3 Å². The average molecular weight is 889 g/mol. The Bertz CT molecular complexity index is 2920. The standard InChI is InChI=1S/C60H69BN4S/c1-10-14-18-40-22-28-44(29-23-40)46-34-42(20-16-12-3)26-32-51(46)65-52-37-49-48(59(6,7)38-60(49,8)9)36-50(52)61-54-57(62-39(5)63-58(54)65)64(45-30-24-41(25-31-45)19-15-11-2)55-47-35-43(21-17-13-4)27-33-53(47)66-56(55)61/h22-37H,10-21,38H2,1-9H3. The van der Waals surface area contributed by atoms with Crippen LogP contribution in [-0.2, 0) is 36.5 Å². The van der Waals surface area contributed by atoms with Crippen LogP contribution in [0.3, 0.4) is 0 Å². The fourth-order valence-electron chi connectivity index (χ4n) is 11.8. The third-order valence-corrected chi connectivity index (χ3v) is 16.3. The van der Waals surface area contributed by atoms with E-state index in [-0.39, 0.29) is 17.5 Å². The van der Waals surface area contributed by atoms with Crippen LogP contribution in [0.4, 0.5) is 34.4 Å². The molecule has 4 nitrogen and oxygen atoms in total. The van der Waals surface area contributed by atoms with E-state index < -0.39 is 0 Å². The van der Waals surface area contributed by atoms with Gasteiger partial charge in [0.2, 0.25) is 0 Å². The summed E-state index contributed by atoms with van der Waals surface area (Å²) in [6, 6.07) is 38.7. The number of aromatic nitrogens is 2. The molecule has 0 saturated heterocycles. The van der Waals surface area contributed by atoms with Crippen molar-refractivity contribution in [1.82, 2.24) is 9.97 Å². The first-order chi connectivity index (χ1) is 31.9. The van der Waals surface area contributed by atoms with Crippen LogP contribution in [0.5, 0.6) is 0 Å². The highest BCUT2D eigenvalue weighted by atomic mass is 32.1. The molecule has 6 heteroatoms. The van der Waals surface area contributed by atoms with Crippen molar-refractivity contribution in [1.29, 1.82) is 0 Å². The van der Waals surface area contributed by atoms with Crippen LogP contribution in [0.25, 0.3) is 21.2 Å². The van der Waals surface area contributed by atoms with Crippen LogP contribution in [-0.4, -0.2) is 16.7 Å². The molecule has 338 valence electrons. The highest BCUT2D eigenvalue weighted by Crippen LogP contribution is 2.53. The lowest BCUT2D eigenvalue weighted by atomic mass is 9.36. The summed E-state index contributed by atoms with van der Waals surface area (Å²) >= 11 is 1.98. The molecule has 0 fully saturated rings. The van der Waals surface area contributed by atoms with Crippen LogP contribution < -0.4 is 25.5 Å². The van der Waals surface area contributed by atoms with Gasteiger partial charge in [0.05, 0.1) is 11.4 Å². The molecule has 5 aromatic carbocycles. The molecule has 0 atom stereocenters. The van der Waals surface area contributed by atoms with E-state index in [1.165, 1.54) is 139 Å². The van der Waals surface area contributed by atoms with Gasteiger partial charge < -0.3 is 0 Å². The van der Waals surface area contributed by atoms with Gasteiger partial charge in [0.1, 0.15) is 17.5 Å². The molecular weight excluding hydrogens is 820 g/mol. The summed E-state index contributed by atoms with van der Waals surface area (Å²) in [5.74, 6) is 2.80. The van der Waals surface area contributed by atoms with Gasteiger partial charge in [0.25, 0.3) is 6.71 Å². The Morgan fingerprint density at radius 1 is 0.576 bits per heavy atom. The lowest BCUT2D eigenvalue weighted by Crippen LogP contribution is -2.61. The molecule has 0 spiro atoms. The smallest absolute Gasteiger partial charge is 0.268 e. The number of unbranched alkanes of at least 4 members (excludes halogenated alkanes) is 4. The second-order valence-corrected chi connectivity index (χ2v) is 22.2. The number of thiophene rings is 1. The molecule has 7 aromatic rings. The van der Waals surface area contributed by atoms with Gasteiger partial charge in [-0.25, -0.2) is 9.97 Å². The fraction of sp³-hybridized carbons (Fsp3) is 0.400. The first-order valence-corrected chi connectivity index (χ1v) is 26.3. The van der Waals surface area contributed by atoms with Crippen molar-refractivity contribution in [2.75, 3.05) is 9.80 Å². The van der Waals surface area contributed by atoms with E-state index in [2.05, 4.69) is 169 Å². The summed E-state index contributed by atoms with van der Waals surface area (Å²) in [5.41, 5.74) is 18.6. The summed E-state index contributed by atoms with van der Waals surface area (Å²) < 4.78 is 2.73. The second kappa shape index (κ2) is 17.8. The molecule has 0 saturated carbocycles. The molecule has 0 bridgehead atoms. The van der Waals surface area contributed by atoms with E-state index in [4.69, 9.17) is 9.97 Å². The fourth-order valence-corrected chi connectivity index (χ4v) is 13.1. The van der Waals surface area contributed by atoms with Crippen molar-refractivity contribution in [3.05, 3.63) is 136 Å². The van der Waals surface area contributed by atoms with E-state index in [0.717, 1.165) is 55.3 Å². The van der Waals surface area contributed by atoms with E-state index in [1.807, 2.05) is 11.3 Å². The molecule has 0 N–H and O–H groups in total. The molecule has 2 aliphatic heterocycles. The van der Waals surface area contributed by atoms with Gasteiger partial charge in [-0.1, -0.05) is 136 Å². The molecule has 1 aliphatic carbocycles. The molecule has 0 amide bonds. The summed E-state index contributed by atoms with van der Waals surface area (Å²) in [6.07, 6.45) is 15.0. The Balaban J connectivity index is 1.28. The number of benzene rings is 5. The van der Waals surface area contributed by atoms with Crippen molar-refractivity contribution in [2.24, 2.45) is 0 Å². The van der Waals surface area contributed by atoms with Gasteiger partial charge >= 0.3 is 0 Å². The maximum absolute atomic E-state index is 5.62. The first-order valence-electron chi connectivity index (χ1n) is 25.5. The molecule has 0 radical (unpaired) electrons. The predicted octanol–water partition coefficient (Wildman–Crippen LogP) is 15.1. The maximum atomic E-state index is 5.62. The molecule has 2 aromatic heterocycles.